The zero-order valence-corrected chi connectivity index (χ0v) is 8.73. The summed E-state index contributed by atoms with van der Waals surface area (Å²) in [6.45, 7) is 0. The molecule has 0 heterocycles. The molecule has 1 N–H and O–H groups in total. The molecule has 5 heteroatoms. The zero-order valence-electron chi connectivity index (χ0n) is 8.73. The number of hydrogen-bond acceptors (Lipinski definition) is 5. The molecule has 84 valence electrons. The quantitative estimate of drug-likeness (QED) is 0.503. The van der Waals surface area contributed by atoms with Crippen molar-refractivity contribution in [1.82, 2.24) is 0 Å². The molecule has 0 aromatic rings. The van der Waals surface area contributed by atoms with Gasteiger partial charge in [0.15, 0.2) is 0 Å². The molecule has 5 nitrogen and oxygen atoms in total. The van der Waals surface area contributed by atoms with Crippen LogP contribution in [-0.2, 0) is 19.1 Å². The predicted molar refractivity (Wildman–Crippen MR) is 51.6 cm³/mol. The molecule has 0 unspecified atom stereocenters. The van der Waals surface area contributed by atoms with E-state index >= 15 is 0 Å². The third kappa shape index (κ3) is 4.47. The van der Waals surface area contributed by atoms with Gasteiger partial charge in [-0.2, -0.15) is 0 Å². The van der Waals surface area contributed by atoms with Crippen LogP contribution in [0.25, 0.3) is 0 Å². The topological polar surface area (TPSA) is 72.8 Å². The molecular formula is C10H14O5. The molecule has 0 aromatic carbocycles. The molecule has 0 saturated heterocycles. The summed E-state index contributed by atoms with van der Waals surface area (Å²) in [5.41, 5.74) is 0. The minimum absolute atomic E-state index is 0.0187. The smallest absolute Gasteiger partial charge is 0.312 e. The number of aliphatic hydroxyl groups is 1. The van der Waals surface area contributed by atoms with Gasteiger partial charge in [0.2, 0.25) is 0 Å². The van der Waals surface area contributed by atoms with Crippen LogP contribution < -0.4 is 0 Å². The molecule has 0 radical (unpaired) electrons. The van der Waals surface area contributed by atoms with Gasteiger partial charge in [-0.25, -0.2) is 0 Å². The van der Waals surface area contributed by atoms with Crippen LogP contribution in [0, 0.1) is 18.3 Å². The van der Waals surface area contributed by atoms with E-state index < -0.39 is 24.0 Å². The van der Waals surface area contributed by atoms with Crippen LogP contribution in [0.15, 0.2) is 0 Å². The summed E-state index contributed by atoms with van der Waals surface area (Å²) in [6.07, 6.45) is 3.60. The third-order valence-electron chi connectivity index (χ3n) is 1.91. The first-order valence-corrected chi connectivity index (χ1v) is 4.33. The maximum absolute atomic E-state index is 11.2. The van der Waals surface area contributed by atoms with E-state index in [1.54, 1.807) is 0 Å². The van der Waals surface area contributed by atoms with E-state index in [1.165, 1.54) is 14.2 Å². The maximum Gasteiger partial charge on any atom is 0.312 e. The number of methoxy groups -OCH3 is 2. The minimum Gasteiger partial charge on any atom is -0.469 e. The normalized spacial score (nSPS) is 13.5. The Morgan fingerprint density at radius 1 is 1.40 bits per heavy atom. The standard InChI is InChI=1S/C10H14O5/c1-4-5-7(10(13)15-3)8(11)6-9(12)14-2/h1,7-8,11H,5-6H2,2-3H3/t7-,8-/m1/s1. The van der Waals surface area contributed by atoms with Crippen LogP contribution in [-0.4, -0.2) is 37.4 Å². The van der Waals surface area contributed by atoms with Crippen molar-refractivity contribution in [3.05, 3.63) is 0 Å². The molecule has 0 bridgehead atoms. The third-order valence-corrected chi connectivity index (χ3v) is 1.91. The van der Waals surface area contributed by atoms with Crippen molar-refractivity contribution in [3.63, 3.8) is 0 Å². The lowest BCUT2D eigenvalue weighted by Crippen LogP contribution is -2.31. The molecule has 0 spiro atoms. The number of ether oxygens (including phenoxy) is 2. The highest BCUT2D eigenvalue weighted by atomic mass is 16.5. The number of rotatable bonds is 5. The van der Waals surface area contributed by atoms with Crippen LogP contribution in [0.3, 0.4) is 0 Å². The Hall–Kier alpha value is -1.54. The highest BCUT2D eigenvalue weighted by molar-refractivity contribution is 5.75. The second-order valence-corrected chi connectivity index (χ2v) is 2.89. The van der Waals surface area contributed by atoms with E-state index in [-0.39, 0.29) is 12.8 Å². The fraction of sp³-hybridized carbons (Fsp3) is 0.600. The molecule has 0 aliphatic rings. The van der Waals surface area contributed by atoms with E-state index in [9.17, 15) is 14.7 Å². The molecule has 2 atom stereocenters. The van der Waals surface area contributed by atoms with E-state index in [1.807, 2.05) is 0 Å². The van der Waals surface area contributed by atoms with Gasteiger partial charge in [-0.3, -0.25) is 9.59 Å². The monoisotopic (exact) mass is 214 g/mol. The average Bonchev–Trinajstić information content (AvgIpc) is 2.24. The summed E-state index contributed by atoms with van der Waals surface area (Å²) in [6, 6.07) is 0. The minimum atomic E-state index is -1.18. The fourth-order valence-electron chi connectivity index (χ4n) is 1.05. The van der Waals surface area contributed by atoms with Gasteiger partial charge in [-0.15, -0.1) is 12.3 Å². The van der Waals surface area contributed by atoms with Crippen LogP contribution in [0.5, 0.6) is 0 Å². The van der Waals surface area contributed by atoms with Crippen LogP contribution in [0.2, 0.25) is 0 Å². The van der Waals surface area contributed by atoms with Crippen molar-refractivity contribution in [3.8, 4) is 12.3 Å². The predicted octanol–water partition coefficient (Wildman–Crippen LogP) is -0.277. The lowest BCUT2D eigenvalue weighted by Gasteiger charge is -2.17. The van der Waals surface area contributed by atoms with Crippen molar-refractivity contribution < 1.29 is 24.2 Å². The van der Waals surface area contributed by atoms with Gasteiger partial charge in [0.1, 0.15) is 0 Å². The van der Waals surface area contributed by atoms with Gasteiger partial charge in [-0.1, -0.05) is 0 Å². The molecule has 0 rings (SSSR count). The Morgan fingerprint density at radius 3 is 2.40 bits per heavy atom. The summed E-state index contributed by atoms with van der Waals surface area (Å²) in [4.78, 5) is 22.0. The van der Waals surface area contributed by atoms with Gasteiger partial charge in [-0.05, 0) is 0 Å². The highest BCUT2D eigenvalue weighted by Crippen LogP contribution is 2.14. The molecule has 0 saturated carbocycles. The van der Waals surface area contributed by atoms with Gasteiger partial charge >= 0.3 is 11.9 Å². The number of esters is 2. The first-order chi connectivity index (χ1) is 7.06. The van der Waals surface area contributed by atoms with Crippen molar-refractivity contribution in [2.24, 2.45) is 5.92 Å². The maximum atomic E-state index is 11.2. The second kappa shape index (κ2) is 6.85. The van der Waals surface area contributed by atoms with Crippen LogP contribution >= 0.6 is 0 Å². The lowest BCUT2D eigenvalue weighted by atomic mass is 9.96. The van der Waals surface area contributed by atoms with Crippen LogP contribution in [0.1, 0.15) is 12.8 Å². The Kier molecular flexibility index (Phi) is 6.14. The Morgan fingerprint density at radius 2 is 2.00 bits per heavy atom. The Balaban J connectivity index is 4.42. The van der Waals surface area contributed by atoms with Crippen LogP contribution in [0.4, 0.5) is 0 Å². The van der Waals surface area contributed by atoms with Crippen molar-refractivity contribution in [2.45, 2.75) is 18.9 Å². The molecule has 0 aliphatic carbocycles. The molecular weight excluding hydrogens is 200 g/mol. The van der Waals surface area contributed by atoms with E-state index in [0.717, 1.165) is 0 Å². The van der Waals surface area contributed by atoms with Gasteiger partial charge in [0, 0.05) is 6.42 Å². The lowest BCUT2D eigenvalue weighted by molar-refractivity contribution is -0.152. The van der Waals surface area contributed by atoms with Gasteiger partial charge in [0.05, 0.1) is 32.7 Å². The Bertz CT molecular complexity index is 265. The van der Waals surface area contributed by atoms with E-state index in [4.69, 9.17) is 6.42 Å². The average molecular weight is 214 g/mol. The first kappa shape index (κ1) is 13.5. The van der Waals surface area contributed by atoms with Crippen molar-refractivity contribution in [1.29, 1.82) is 0 Å². The molecule has 0 aliphatic heterocycles. The highest BCUT2D eigenvalue weighted by Gasteiger charge is 2.28. The molecule has 15 heavy (non-hydrogen) atoms. The van der Waals surface area contributed by atoms with Gasteiger partial charge in [0.25, 0.3) is 0 Å². The summed E-state index contributed by atoms with van der Waals surface area (Å²) < 4.78 is 8.81. The summed E-state index contributed by atoms with van der Waals surface area (Å²) >= 11 is 0. The number of aliphatic hydroxyl groups excluding tert-OH is 1. The second-order valence-electron chi connectivity index (χ2n) is 2.89. The zero-order chi connectivity index (χ0) is 11.8. The molecule has 0 fully saturated rings. The largest absolute Gasteiger partial charge is 0.469 e. The summed E-state index contributed by atoms with van der Waals surface area (Å²) in [5, 5.41) is 9.55. The number of carbonyl (C=O) groups is 2. The number of hydrogen-bond donors (Lipinski definition) is 1. The number of carbonyl (C=O) groups excluding carboxylic acids is 2. The molecule has 0 aromatic heterocycles. The van der Waals surface area contributed by atoms with Gasteiger partial charge < -0.3 is 14.6 Å². The Labute approximate surface area is 88.4 Å². The SMILES string of the molecule is C#CC[C@@H](C(=O)OC)[C@H](O)CC(=O)OC. The molecule has 0 amide bonds. The van der Waals surface area contributed by atoms with E-state index in [0.29, 0.717) is 0 Å². The summed E-state index contributed by atoms with van der Waals surface area (Å²) in [5.74, 6) is 0.114. The van der Waals surface area contributed by atoms with Crippen molar-refractivity contribution in [2.75, 3.05) is 14.2 Å². The number of terminal acetylenes is 1. The van der Waals surface area contributed by atoms with Crippen molar-refractivity contribution >= 4 is 11.9 Å². The summed E-state index contributed by atoms with van der Waals surface area (Å²) in [7, 11) is 2.39. The van der Waals surface area contributed by atoms with E-state index in [2.05, 4.69) is 15.4 Å². The first-order valence-electron chi connectivity index (χ1n) is 4.33. The fourth-order valence-corrected chi connectivity index (χ4v) is 1.05.